The molecule has 0 unspecified atom stereocenters. The molecule has 1 aromatic carbocycles. The molecule has 1 fully saturated rings. The lowest BCUT2D eigenvalue weighted by atomic mass is 9.84. The van der Waals surface area contributed by atoms with Crippen LogP contribution < -0.4 is 4.72 Å². The first-order chi connectivity index (χ1) is 9.73. The number of rotatable bonds is 4. The van der Waals surface area contributed by atoms with E-state index >= 15 is 0 Å². The van der Waals surface area contributed by atoms with Gasteiger partial charge in [-0.25, -0.2) is 17.9 Å². The maximum Gasteiger partial charge on any atom is 0.335 e. The zero-order valence-electron chi connectivity index (χ0n) is 12.3. The van der Waals surface area contributed by atoms with Crippen LogP contribution in [-0.4, -0.2) is 25.0 Å². The van der Waals surface area contributed by atoms with E-state index in [0.717, 1.165) is 32.1 Å². The maximum absolute atomic E-state index is 12.5. The zero-order valence-corrected chi connectivity index (χ0v) is 13.2. The van der Waals surface area contributed by atoms with Crippen molar-refractivity contribution < 1.29 is 18.3 Å². The first kappa shape index (κ1) is 16.0. The average molecular weight is 311 g/mol. The monoisotopic (exact) mass is 311 g/mol. The van der Waals surface area contributed by atoms with Crippen LogP contribution in [0.15, 0.2) is 23.1 Å². The molecule has 0 bridgehead atoms. The van der Waals surface area contributed by atoms with Gasteiger partial charge in [0.25, 0.3) is 0 Å². The van der Waals surface area contributed by atoms with Crippen LogP contribution in [0.25, 0.3) is 0 Å². The van der Waals surface area contributed by atoms with E-state index in [4.69, 9.17) is 5.11 Å². The fourth-order valence-electron chi connectivity index (χ4n) is 2.82. The molecule has 2 N–H and O–H groups in total. The van der Waals surface area contributed by atoms with Crippen LogP contribution in [0, 0.1) is 6.92 Å². The van der Waals surface area contributed by atoms with Crippen LogP contribution >= 0.6 is 0 Å². The molecule has 0 radical (unpaired) electrons. The van der Waals surface area contributed by atoms with Crippen molar-refractivity contribution in [3.8, 4) is 0 Å². The highest BCUT2D eigenvalue weighted by molar-refractivity contribution is 7.89. The molecule has 0 saturated heterocycles. The molecular weight excluding hydrogens is 290 g/mol. The van der Waals surface area contributed by atoms with Crippen LogP contribution in [-0.2, 0) is 10.0 Å². The van der Waals surface area contributed by atoms with Gasteiger partial charge in [0, 0.05) is 5.54 Å². The van der Waals surface area contributed by atoms with Crippen molar-refractivity contribution in [2.45, 2.75) is 56.4 Å². The van der Waals surface area contributed by atoms with E-state index in [-0.39, 0.29) is 10.5 Å². The summed E-state index contributed by atoms with van der Waals surface area (Å²) in [6.07, 6.45) is 4.76. The second-order valence-electron chi connectivity index (χ2n) is 6.01. The highest BCUT2D eigenvalue weighted by Crippen LogP contribution is 2.29. The molecular formula is C15H21NO4S. The van der Waals surface area contributed by atoms with E-state index in [0.29, 0.717) is 5.56 Å². The first-order valence-electron chi connectivity index (χ1n) is 7.11. The Balaban J connectivity index is 2.31. The van der Waals surface area contributed by atoms with Gasteiger partial charge in [-0.05, 0) is 44.4 Å². The molecule has 0 spiro atoms. The summed E-state index contributed by atoms with van der Waals surface area (Å²) >= 11 is 0. The summed E-state index contributed by atoms with van der Waals surface area (Å²) in [6.45, 7) is 3.56. The summed E-state index contributed by atoms with van der Waals surface area (Å²) in [4.78, 5) is 11.2. The highest BCUT2D eigenvalue weighted by Gasteiger charge is 2.32. The second-order valence-corrected chi connectivity index (χ2v) is 7.69. The Hall–Kier alpha value is -1.40. The average Bonchev–Trinajstić information content (AvgIpc) is 2.38. The third-order valence-corrected chi connectivity index (χ3v) is 5.72. The number of aryl methyl sites for hydroxylation is 1. The van der Waals surface area contributed by atoms with Gasteiger partial charge in [-0.15, -0.1) is 0 Å². The van der Waals surface area contributed by atoms with Gasteiger partial charge in [0.15, 0.2) is 0 Å². The molecule has 1 aliphatic carbocycles. The van der Waals surface area contributed by atoms with Crippen molar-refractivity contribution in [1.29, 1.82) is 0 Å². The molecule has 5 nitrogen and oxygen atoms in total. The number of carbonyl (C=O) groups is 1. The van der Waals surface area contributed by atoms with E-state index in [2.05, 4.69) is 4.72 Å². The fourth-order valence-corrected chi connectivity index (χ4v) is 4.31. The Kier molecular flexibility index (Phi) is 4.39. The predicted molar refractivity (Wildman–Crippen MR) is 79.9 cm³/mol. The molecule has 21 heavy (non-hydrogen) atoms. The van der Waals surface area contributed by atoms with Crippen LogP contribution in [0.5, 0.6) is 0 Å². The number of benzene rings is 1. The van der Waals surface area contributed by atoms with Crippen molar-refractivity contribution in [1.82, 2.24) is 4.72 Å². The fraction of sp³-hybridized carbons (Fsp3) is 0.533. The Morgan fingerprint density at radius 1 is 1.24 bits per heavy atom. The molecule has 116 valence electrons. The van der Waals surface area contributed by atoms with Crippen molar-refractivity contribution in [3.05, 3.63) is 29.3 Å². The molecule has 6 heteroatoms. The lowest BCUT2D eigenvalue weighted by Gasteiger charge is -2.34. The van der Waals surface area contributed by atoms with Gasteiger partial charge in [0.05, 0.1) is 10.5 Å². The van der Waals surface area contributed by atoms with E-state index < -0.39 is 21.5 Å². The smallest absolute Gasteiger partial charge is 0.335 e. The second kappa shape index (κ2) is 5.77. The van der Waals surface area contributed by atoms with Crippen molar-refractivity contribution in [2.24, 2.45) is 0 Å². The Morgan fingerprint density at radius 2 is 1.86 bits per heavy atom. The molecule has 1 aromatic rings. The molecule has 0 atom stereocenters. The number of sulfonamides is 1. The minimum absolute atomic E-state index is 0.0114. The number of hydrogen-bond acceptors (Lipinski definition) is 3. The van der Waals surface area contributed by atoms with Crippen LogP contribution in [0.4, 0.5) is 0 Å². The Morgan fingerprint density at radius 3 is 2.43 bits per heavy atom. The number of aromatic carboxylic acids is 1. The SMILES string of the molecule is Cc1ccc(S(=O)(=O)NC2(C)CCCCC2)cc1C(=O)O. The Bertz CT molecular complexity index is 646. The predicted octanol–water partition coefficient (Wildman–Crippen LogP) is 2.69. The minimum Gasteiger partial charge on any atom is -0.478 e. The van der Waals surface area contributed by atoms with Crippen LogP contribution in [0.2, 0.25) is 0 Å². The maximum atomic E-state index is 12.5. The molecule has 1 aliphatic rings. The summed E-state index contributed by atoms with van der Waals surface area (Å²) in [5.74, 6) is -1.12. The van der Waals surface area contributed by atoms with E-state index in [1.165, 1.54) is 18.2 Å². The third kappa shape index (κ3) is 3.63. The molecule has 0 heterocycles. The van der Waals surface area contributed by atoms with Gasteiger partial charge in [0.2, 0.25) is 10.0 Å². The van der Waals surface area contributed by atoms with Gasteiger partial charge in [-0.3, -0.25) is 0 Å². The first-order valence-corrected chi connectivity index (χ1v) is 8.60. The normalized spacial score (nSPS) is 18.4. The van der Waals surface area contributed by atoms with Crippen molar-refractivity contribution in [2.75, 3.05) is 0 Å². The molecule has 1 saturated carbocycles. The van der Waals surface area contributed by atoms with Crippen molar-refractivity contribution in [3.63, 3.8) is 0 Å². The lowest BCUT2D eigenvalue weighted by molar-refractivity contribution is 0.0696. The number of carboxylic acid groups (broad SMARTS) is 1. The van der Waals surface area contributed by atoms with E-state index in [1.807, 2.05) is 6.92 Å². The van der Waals surface area contributed by atoms with Gasteiger partial charge in [0.1, 0.15) is 0 Å². The summed E-state index contributed by atoms with van der Waals surface area (Å²) in [5, 5.41) is 9.11. The van der Waals surface area contributed by atoms with E-state index in [1.54, 1.807) is 6.92 Å². The largest absolute Gasteiger partial charge is 0.478 e. The summed E-state index contributed by atoms with van der Waals surface area (Å²) in [7, 11) is -3.70. The zero-order chi connectivity index (χ0) is 15.7. The van der Waals surface area contributed by atoms with Crippen LogP contribution in [0.1, 0.15) is 54.9 Å². The summed E-state index contributed by atoms with van der Waals surface area (Å²) < 4.78 is 27.7. The molecule has 0 aromatic heterocycles. The summed E-state index contributed by atoms with van der Waals surface area (Å²) in [5.41, 5.74) is 0.128. The van der Waals surface area contributed by atoms with E-state index in [9.17, 15) is 13.2 Å². The van der Waals surface area contributed by atoms with Gasteiger partial charge >= 0.3 is 5.97 Å². The molecule has 0 amide bonds. The quantitative estimate of drug-likeness (QED) is 0.895. The highest BCUT2D eigenvalue weighted by atomic mass is 32.2. The number of hydrogen-bond donors (Lipinski definition) is 2. The minimum atomic E-state index is -3.70. The Labute approximate surface area is 125 Å². The standard InChI is InChI=1S/C15H21NO4S/c1-11-6-7-12(10-13(11)14(17)18)21(19,20)16-15(2)8-4-3-5-9-15/h6-7,10,16H,3-5,8-9H2,1-2H3,(H,17,18). The molecule has 0 aliphatic heterocycles. The van der Waals surface area contributed by atoms with Crippen LogP contribution in [0.3, 0.4) is 0 Å². The number of nitrogens with one attached hydrogen (secondary N) is 1. The summed E-state index contributed by atoms with van der Waals surface area (Å²) in [6, 6.07) is 4.21. The third-order valence-electron chi connectivity index (χ3n) is 4.09. The number of carboxylic acids is 1. The van der Waals surface area contributed by atoms with Gasteiger partial charge in [-0.2, -0.15) is 0 Å². The topological polar surface area (TPSA) is 83.5 Å². The van der Waals surface area contributed by atoms with Gasteiger partial charge < -0.3 is 5.11 Å². The van der Waals surface area contributed by atoms with Gasteiger partial charge in [-0.1, -0.05) is 25.3 Å². The lowest BCUT2D eigenvalue weighted by Crippen LogP contribution is -2.47. The van der Waals surface area contributed by atoms with Crippen molar-refractivity contribution >= 4 is 16.0 Å². The molecule has 2 rings (SSSR count).